The lowest BCUT2D eigenvalue weighted by atomic mass is 9.99. The second-order valence-corrected chi connectivity index (χ2v) is 7.30. The number of rotatable bonds is 7. The highest BCUT2D eigenvalue weighted by atomic mass is 16.6. The third-order valence-electron chi connectivity index (χ3n) is 5.35. The van der Waals surface area contributed by atoms with E-state index in [1.807, 2.05) is 0 Å². The molecular formula is C26H21NO7. The molecule has 8 heteroatoms. The maximum atomic E-state index is 12.9. The summed E-state index contributed by atoms with van der Waals surface area (Å²) in [5, 5.41) is 12.1. The molecule has 172 valence electrons. The summed E-state index contributed by atoms with van der Waals surface area (Å²) in [5.41, 5.74) is 1.33. The minimum atomic E-state index is -0.533. The van der Waals surface area contributed by atoms with Gasteiger partial charge >= 0.3 is 5.63 Å². The first-order valence-electron chi connectivity index (χ1n) is 10.2. The number of ether oxygens (including phenoxy) is 3. The molecule has 0 radical (unpaired) electrons. The topological polar surface area (TPSA) is 101 Å². The van der Waals surface area contributed by atoms with Crippen LogP contribution >= 0.6 is 0 Å². The standard InChI is InChI=1S/C26H21NO7/c1-31-19-10-8-17(9-11-19)25-20(12-7-16-5-4-6-18(13-16)27(29)30)21-14-23(32-2)24(33-3)15-22(21)26(28)34-25/h4-15H,1-3H3/b12-7+. The third-order valence-corrected chi connectivity index (χ3v) is 5.35. The fourth-order valence-electron chi connectivity index (χ4n) is 3.64. The highest BCUT2D eigenvalue weighted by molar-refractivity contribution is 5.98. The molecule has 0 atom stereocenters. The summed E-state index contributed by atoms with van der Waals surface area (Å²) in [6, 6.07) is 16.6. The number of nitrogens with zero attached hydrogens (tertiary/aromatic N) is 1. The van der Waals surface area contributed by atoms with Gasteiger partial charge in [-0.3, -0.25) is 10.1 Å². The molecule has 34 heavy (non-hydrogen) atoms. The molecule has 0 saturated carbocycles. The summed E-state index contributed by atoms with van der Waals surface area (Å²) in [6.45, 7) is 0. The molecule has 0 aliphatic heterocycles. The molecule has 0 spiro atoms. The molecular weight excluding hydrogens is 438 g/mol. The predicted octanol–water partition coefficient (Wildman–Crippen LogP) is 5.56. The van der Waals surface area contributed by atoms with E-state index in [2.05, 4.69) is 0 Å². The summed E-state index contributed by atoms with van der Waals surface area (Å²) in [4.78, 5) is 23.6. The zero-order valence-corrected chi connectivity index (χ0v) is 18.7. The quantitative estimate of drug-likeness (QED) is 0.263. The Labute approximate surface area is 194 Å². The minimum absolute atomic E-state index is 0.0200. The van der Waals surface area contributed by atoms with Gasteiger partial charge in [0.25, 0.3) is 5.69 Å². The van der Waals surface area contributed by atoms with Gasteiger partial charge in [0.05, 0.1) is 31.6 Å². The van der Waals surface area contributed by atoms with E-state index in [1.165, 1.54) is 26.4 Å². The van der Waals surface area contributed by atoms with Gasteiger partial charge in [-0.2, -0.15) is 0 Å². The number of non-ortho nitro benzene ring substituents is 1. The van der Waals surface area contributed by atoms with Gasteiger partial charge in [-0.25, -0.2) is 4.79 Å². The molecule has 0 aliphatic carbocycles. The zero-order valence-electron chi connectivity index (χ0n) is 18.7. The first-order valence-corrected chi connectivity index (χ1v) is 10.2. The maximum Gasteiger partial charge on any atom is 0.344 e. The van der Waals surface area contributed by atoms with Crippen LogP contribution in [0.3, 0.4) is 0 Å². The molecule has 4 aromatic rings. The minimum Gasteiger partial charge on any atom is -0.497 e. The number of fused-ring (bicyclic) bond motifs is 1. The van der Waals surface area contributed by atoms with Gasteiger partial charge in [-0.1, -0.05) is 18.2 Å². The SMILES string of the molecule is COc1ccc(-c2oc(=O)c3cc(OC)c(OC)cc3c2/C=C/c2cccc([N+](=O)[O-])c2)cc1. The van der Waals surface area contributed by atoms with Crippen molar-refractivity contribution in [3.63, 3.8) is 0 Å². The van der Waals surface area contributed by atoms with Crippen molar-refractivity contribution in [3.8, 4) is 28.6 Å². The van der Waals surface area contributed by atoms with Crippen LogP contribution in [0.5, 0.6) is 17.2 Å². The smallest absolute Gasteiger partial charge is 0.344 e. The molecule has 0 amide bonds. The Morgan fingerprint density at radius 3 is 2.15 bits per heavy atom. The van der Waals surface area contributed by atoms with Crippen LogP contribution < -0.4 is 19.8 Å². The van der Waals surface area contributed by atoms with Crippen molar-refractivity contribution in [1.82, 2.24) is 0 Å². The van der Waals surface area contributed by atoms with Crippen molar-refractivity contribution in [2.75, 3.05) is 21.3 Å². The highest BCUT2D eigenvalue weighted by Crippen LogP contribution is 2.37. The average molecular weight is 459 g/mol. The predicted molar refractivity (Wildman–Crippen MR) is 130 cm³/mol. The number of nitro benzene ring substituents is 1. The van der Waals surface area contributed by atoms with Crippen LogP contribution in [0.2, 0.25) is 0 Å². The first-order chi connectivity index (χ1) is 16.4. The molecule has 3 aromatic carbocycles. The normalized spacial score (nSPS) is 11.0. The number of nitro groups is 1. The van der Waals surface area contributed by atoms with E-state index in [0.29, 0.717) is 50.5 Å². The fraction of sp³-hybridized carbons (Fsp3) is 0.115. The molecule has 1 heterocycles. The van der Waals surface area contributed by atoms with Gasteiger partial charge in [0.1, 0.15) is 11.5 Å². The monoisotopic (exact) mass is 459 g/mol. The van der Waals surface area contributed by atoms with E-state index in [9.17, 15) is 14.9 Å². The molecule has 0 bridgehead atoms. The lowest BCUT2D eigenvalue weighted by Gasteiger charge is -2.13. The highest BCUT2D eigenvalue weighted by Gasteiger charge is 2.18. The van der Waals surface area contributed by atoms with Crippen LogP contribution in [-0.4, -0.2) is 26.3 Å². The third kappa shape index (κ3) is 4.33. The fourth-order valence-corrected chi connectivity index (χ4v) is 3.64. The summed E-state index contributed by atoms with van der Waals surface area (Å²) >= 11 is 0. The van der Waals surface area contributed by atoms with Crippen LogP contribution in [-0.2, 0) is 0 Å². The van der Waals surface area contributed by atoms with Crippen molar-refractivity contribution >= 4 is 28.6 Å². The second-order valence-electron chi connectivity index (χ2n) is 7.30. The Balaban J connectivity index is 1.98. The maximum absolute atomic E-state index is 12.9. The molecule has 0 aliphatic rings. The van der Waals surface area contributed by atoms with E-state index in [0.717, 1.165) is 0 Å². The Bertz CT molecular complexity index is 1450. The van der Waals surface area contributed by atoms with E-state index in [1.54, 1.807) is 67.8 Å². The number of benzene rings is 3. The lowest BCUT2D eigenvalue weighted by molar-refractivity contribution is -0.384. The molecule has 8 nitrogen and oxygen atoms in total. The van der Waals surface area contributed by atoms with Crippen LogP contribution in [0, 0.1) is 10.1 Å². The molecule has 0 fully saturated rings. The summed E-state index contributed by atoms with van der Waals surface area (Å²) in [5.74, 6) is 1.85. The van der Waals surface area contributed by atoms with Crippen molar-refractivity contribution in [2.45, 2.75) is 0 Å². The Morgan fingerprint density at radius 2 is 1.53 bits per heavy atom. The zero-order chi connectivity index (χ0) is 24.2. The van der Waals surface area contributed by atoms with E-state index in [4.69, 9.17) is 18.6 Å². The number of methoxy groups -OCH3 is 3. The van der Waals surface area contributed by atoms with Crippen LogP contribution in [0.1, 0.15) is 11.1 Å². The van der Waals surface area contributed by atoms with E-state index < -0.39 is 10.5 Å². The molecule has 1 aromatic heterocycles. The first kappa shape index (κ1) is 22.6. The van der Waals surface area contributed by atoms with E-state index >= 15 is 0 Å². The molecule has 0 unspecified atom stereocenters. The van der Waals surface area contributed by atoms with Crippen LogP contribution in [0.15, 0.2) is 69.9 Å². The van der Waals surface area contributed by atoms with Gasteiger partial charge in [0.2, 0.25) is 0 Å². The Kier molecular flexibility index (Phi) is 6.31. The van der Waals surface area contributed by atoms with Crippen LogP contribution in [0.4, 0.5) is 5.69 Å². The van der Waals surface area contributed by atoms with Crippen molar-refractivity contribution in [1.29, 1.82) is 0 Å². The summed E-state index contributed by atoms with van der Waals surface area (Å²) in [6.07, 6.45) is 3.49. The summed E-state index contributed by atoms with van der Waals surface area (Å²) in [7, 11) is 4.57. The van der Waals surface area contributed by atoms with Gasteiger partial charge in [0, 0.05) is 28.6 Å². The van der Waals surface area contributed by atoms with E-state index in [-0.39, 0.29) is 5.69 Å². The lowest BCUT2D eigenvalue weighted by Crippen LogP contribution is -2.04. The molecule has 4 rings (SSSR count). The Hall–Kier alpha value is -4.59. The van der Waals surface area contributed by atoms with Gasteiger partial charge in [-0.05, 0) is 48.0 Å². The van der Waals surface area contributed by atoms with Crippen molar-refractivity contribution < 1.29 is 23.6 Å². The van der Waals surface area contributed by atoms with Crippen molar-refractivity contribution in [2.24, 2.45) is 0 Å². The molecule has 0 N–H and O–H groups in total. The summed E-state index contributed by atoms with van der Waals surface area (Å²) < 4.78 is 21.8. The van der Waals surface area contributed by atoms with Gasteiger partial charge < -0.3 is 18.6 Å². The molecule has 0 saturated heterocycles. The van der Waals surface area contributed by atoms with Crippen molar-refractivity contribution in [3.05, 3.63) is 92.3 Å². The Morgan fingerprint density at radius 1 is 0.853 bits per heavy atom. The average Bonchev–Trinajstić information content (AvgIpc) is 2.87. The number of hydrogen-bond donors (Lipinski definition) is 0. The largest absolute Gasteiger partial charge is 0.497 e. The van der Waals surface area contributed by atoms with Gasteiger partial charge in [0.15, 0.2) is 11.5 Å². The number of hydrogen-bond acceptors (Lipinski definition) is 7. The van der Waals surface area contributed by atoms with Gasteiger partial charge in [-0.15, -0.1) is 0 Å². The second kappa shape index (κ2) is 9.50. The van der Waals surface area contributed by atoms with Crippen LogP contribution in [0.25, 0.3) is 34.2 Å².